The average molecular weight is 405 g/mol. The lowest BCUT2D eigenvalue weighted by atomic mass is 10.2. The smallest absolute Gasteiger partial charge is 0.291 e. The van der Waals surface area contributed by atoms with Crippen LogP contribution in [0.15, 0.2) is 65.7 Å². The lowest BCUT2D eigenvalue weighted by molar-refractivity contribution is -0.132. The van der Waals surface area contributed by atoms with E-state index in [9.17, 15) is 14.0 Å². The fourth-order valence-electron chi connectivity index (χ4n) is 3.99. The van der Waals surface area contributed by atoms with Crippen molar-refractivity contribution in [1.82, 2.24) is 19.1 Å². The van der Waals surface area contributed by atoms with Crippen molar-refractivity contribution in [3.63, 3.8) is 0 Å². The number of hydrogen-bond acceptors (Lipinski definition) is 4. The number of anilines is 1. The zero-order chi connectivity index (χ0) is 20.7. The Morgan fingerprint density at radius 2 is 1.73 bits per heavy atom. The summed E-state index contributed by atoms with van der Waals surface area (Å²) >= 11 is 0. The molecular weight excluding hydrogens is 385 g/mol. The fourth-order valence-corrected chi connectivity index (χ4v) is 3.99. The zero-order valence-corrected chi connectivity index (χ0v) is 16.2. The zero-order valence-electron chi connectivity index (χ0n) is 16.2. The van der Waals surface area contributed by atoms with Crippen molar-refractivity contribution in [1.29, 1.82) is 0 Å². The number of piperazine rings is 1. The molecule has 0 radical (unpaired) electrons. The maximum Gasteiger partial charge on any atom is 0.291 e. The van der Waals surface area contributed by atoms with Gasteiger partial charge >= 0.3 is 0 Å². The van der Waals surface area contributed by atoms with Crippen molar-refractivity contribution in [2.45, 2.75) is 6.54 Å². The molecule has 0 atom stereocenters. The van der Waals surface area contributed by atoms with Crippen LogP contribution in [0.4, 0.5) is 10.1 Å². The molecule has 5 rings (SSSR count). The summed E-state index contributed by atoms with van der Waals surface area (Å²) in [6.07, 6.45) is 1.50. The molecule has 0 bridgehead atoms. The van der Waals surface area contributed by atoms with Gasteiger partial charge in [0.1, 0.15) is 24.2 Å². The van der Waals surface area contributed by atoms with E-state index in [2.05, 4.69) is 22.1 Å². The number of fused-ring (bicyclic) bond motifs is 3. The molecule has 0 N–H and O–H groups in total. The molecule has 4 aromatic rings. The summed E-state index contributed by atoms with van der Waals surface area (Å²) in [5.74, 6) is -0.500. The van der Waals surface area contributed by atoms with E-state index < -0.39 is 0 Å². The van der Waals surface area contributed by atoms with Crippen LogP contribution in [0.3, 0.4) is 0 Å². The SMILES string of the molecule is O=C(Cn1ncn2c(cc3cc(F)ccc32)c1=O)N1CCN(c2ccccc2)CC1. The molecule has 7 nitrogen and oxygen atoms in total. The number of para-hydroxylation sites is 1. The Labute approximate surface area is 171 Å². The number of rotatable bonds is 3. The number of carbonyl (C=O) groups excluding carboxylic acids is 1. The third-order valence-electron chi connectivity index (χ3n) is 5.60. The minimum Gasteiger partial charge on any atom is -0.368 e. The molecule has 2 aromatic carbocycles. The van der Waals surface area contributed by atoms with Gasteiger partial charge in [-0.25, -0.2) is 9.07 Å². The van der Waals surface area contributed by atoms with E-state index >= 15 is 0 Å². The first-order chi connectivity index (χ1) is 14.6. The number of aromatic nitrogens is 3. The molecule has 1 aliphatic heterocycles. The van der Waals surface area contributed by atoms with Crippen LogP contribution in [0, 0.1) is 5.82 Å². The summed E-state index contributed by atoms with van der Waals surface area (Å²) in [6, 6.07) is 16.1. The average Bonchev–Trinajstić information content (AvgIpc) is 3.14. The lowest BCUT2D eigenvalue weighted by Gasteiger charge is -2.36. The molecule has 1 aliphatic rings. The molecule has 8 heteroatoms. The topological polar surface area (TPSA) is 62.9 Å². The van der Waals surface area contributed by atoms with Gasteiger partial charge in [-0.15, -0.1) is 0 Å². The van der Waals surface area contributed by atoms with Gasteiger partial charge in [-0.1, -0.05) is 18.2 Å². The quantitative estimate of drug-likeness (QED) is 0.524. The summed E-state index contributed by atoms with van der Waals surface area (Å²) in [5.41, 5.74) is 1.84. The van der Waals surface area contributed by atoms with Crippen LogP contribution >= 0.6 is 0 Å². The highest BCUT2D eigenvalue weighted by molar-refractivity contribution is 5.86. The number of halogens is 1. The fraction of sp³-hybridized carbons (Fsp3) is 0.227. The summed E-state index contributed by atoms with van der Waals surface area (Å²) in [7, 11) is 0. The predicted molar refractivity (Wildman–Crippen MR) is 112 cm³/mol. The van der Waals surface area contributed by atoms with E-state index in [1.807, 2.05) is 18.2 Å². The summed E-state index contributed by atoms with van der Waals surface area (Å²) in [4.78, 5) is 29.6. The Morgan fingerprint density at radius 1 is 0.967 bits per heavy atom. The van der Waals surface area contributed by atoms with Crippen molar-refractivity contribution in [3.05, 3.63) is 77.1 Å². The molecule has 1 fully saturated rings. The lowest BCUT2D eigenvalue weighted by Crippen LogP contribution is -2.50. The summed E-state index contributed by atoms with van der Waals surface area (Å²) in [5, 5.41) is 4.78. The van der Waals surface area contributed by atoms with E-state index in [0.717, 1.165) is 18.8 Å². The Balaban J connectivity index is 1.33. The van der Waals surface area contributed by atoms with Crippen molar-refractivity contribution in [2.75, 3.05) is 31.1 Å². The Kier molecular flexibility index (Phi) is 4.46. The van der Waals surface area contributed by atoms with E-state index in [1.54, 1.807) is 21.4 Å². The van der Waals surface area contributed by atoms with E-state index in [4.69, 9.17) is 0 Å². The van der Waals surface area contributed by atoms with Gasteiger partial charge in [0.15, 0.2) is 0 Å². The van der Waals surface area contributed by atoms with E-state index in [-0.39, 0.29) is 23.8 Å². The first kappa shape index (κ1) is 18.4. The number of carbonyl (C=O) groups is 1. The predicted octanol–water partition coefficient (Wildman–Crippen LogP) is 2.14. The minimum absolute atomic E-state index is 0.115. The van der Waals surface area contributed by atoms with E-state index in [1.165, 1.54) is 23.1 Å². The van der Waals surface area contributed by atoms with Crippen LogP contribution in [0.2, 0.25) is 0 Å². The molecule has 2 aromatic heterocycles. The number of hydrogen-bond donors (Lipinski definition) is 0. The van der Waals surface area contributed by atoms with E-state index in [0.29, 0.717) is 29.5 Å². The Hall–Kier alpha value is -3.68. The molecule has 0 unspecified atom stereocenters. The maximum absolute atomic E-state index is 13.5. The number of amides is 1. The van der Waals surface area contributed by atoms with Crippen LogP contribution in [-0.2, 0) is 11.3 Å². The summed E-state index contributed by atoms with van der Waals surface area (Å²) < 4.78 is 16.3. The molecule has 3 heterocycles. The summed E-state index contributed by atoms with van der Waals surface area (Å²) in [6.45, 7) is 2.56. The third-order valence-corrected chi connectivity index (χ3v) is 5.60. The molecular formula is C22H20FN5O2. The van der Waals surface area contributed by atoms with Gasteiger partial charge in [0.05, 0.1) is 5.52 Å². The molecule has 0 spiro atoms. The molecule has 0 saturated carbocycles. The molecule has 1 saturated heterocycles. The molecule has 0 aliphatic carbocycles. The van der Waals surface area contributed by atoms with Crippen LogP contribution in [0.5, 0.6) is 0 Å². The second-order valence-corrected chi connectivity index (χ2v) is 7.40. The highest BCUT2D eigenvalue weighted by Crippen LogP contribution is 2.19. The number of nitrogens with zero attached hydrogens (tertiary/aromatic N) is 5. The van der Waals surface area contributed by atoms with Gasteiger partial charge in [0, 0.05) is 37.3 Å². The first-order valence-corrected chi connectivity index (χ1v) is 9.84. The Bertz CT molecular complexity index is 1290. The van der Waals surface area contributed by atoms with Crippen LogP contribution in [0.25, 0.3) is 16.4 Å². The maximum atomic E-state index is 13.5. The van der Waals surface area contributed by atoms with Gasteiger partial charge in [0.25, 0.3) is 5.56 Å². The van der Waals surface area contributed by atoms with Gasteiger partial charge in [-0.3, -0.25) is 14.0 Å². The largest absolute Gasteiger partial charge is 0.368 e. The highest BCUT2D eigenvalue weighted by atomic mass is 19.1. The van der Waals surface area contributed by atoms with Crippen molar-refractivity contribution < 1.29 is 9.18 Å². The second kappa shape index (κ2) is 7.29. The van der Waals surface area contributed by atoms with Crippen molar-refractivity contribution in [2.24, 2.45) is 0 Å². The Morgan fingerprint density at radius 3 is 2.50 bits per heavy atom. The van der Waals surface area contributed by atoms with Crippen LogP contribution in [0.1, 0.15) is 0 Å². The molecule has 152 valence electrons. The second-order valence-electron chi connectivity index (χ2n) is 7.40. The van der Waals surface area contributed by atoms with Crippen LogP contribution < -0.4 is 10.5 Å². The molecule has 30 heavy (non-hydrogen) atoms. The monoisotopic (exact) mass is 405 g/mol. The van der Waals surface area contributed by atoms with Crippen molar-refractivity contribution >= 4 is 28.0 Å². The first-order valence-electron chi connectivity index (χ1n) is 9.84. The normalized spacial score (nSPS) is 14.6. The minimum atomic E-state index is -0.370. The third kappa shape index (κ3) is 3.20. The number of benzene rings is 2. The van der Waals surface area contributed by atoms with Crippen molar-refractivity contribution in [3.8, 4) is 0 Å². The standard InChI is InChI=1S/C22H20FN5O2/c23-17-6-7-19-16(12-17)13-20-22(30)28(24-15-27(19)20)14-21(29)26-10-8-25(9-11-26)18-4-2-1-3-5-18/h1-7,12-13,15H,8-11,14H2. The van der Waals surface area contributed by atoms with Gasteiger partial charge in [0.2, 0.25) is 5.91 Å². The molecule has 1 amide bonds. The highest BCUT2D eigenvalue weighted by Gasteiger charge is 2.22. The van der Waals surface area contributed by atoms with Gasteiger partial charge in [-0.05, 0) is 36.4 Å². The van der Waals surface area contributed by atoms with Gasteiger partial charge in [-0.2, -0.15) is 5.10 Å². The van der Waals surface area contributed by atoms with Gasteiger partial charge < -0.3 is 9.80 Å². The van der Waals surface area contributed by atoms with Crippen LogP contribution in [-0.4, -0.2) is 51.2 Å².